The van der Waals surface area contributed by atoms with Crippen molar-refractivity contribution in [2.24, 2.45) is 5.92 Å². The molecule has 0 saturated carbocycles. The fourth-order valence-corrected chi connectivity index (χ4v) is 1.64. The predicted molar refractivity (Wildman–Crippen MR) is 53.3 cm³/mol. The molecule has 4 nitrogen and oxygen atoms in total. The number of hydrogen-bond donors (Lipinski definition) is 1. The molecule has 2 amide bonds. The van der Waals surface area contributed by atoms with Crippen LogP contribution < -0.4 is 5.32 Å². The van der Waals surface area contributed by atoms with Crippen molar-refractivity contribution < 1.29 is 9.59 Å². The number of rotatable bonds is 3. The minimum atomic E-state index is -0.0662. The van der Waals surface area contributed by atoms with E-state index >= 15 is 0 Å². The van der Waals surface area contributed by atoms with Crippen LogP contribution in [0, 0.1) is 5.92 Å². The lowest BCUT2D eigenvalue weighted by molar-refractivity contribution is -0.130. The molecule has 78 valence electrons. The fraction of sp³-hybridized carbons (Fsp3) is 0.600. The van der Waals surface area contributed by atoms with Crippen LogP contribution in [-0.4, -0.2) is 29.8 Å². The molecule has 0 spiro atoms. The highest BCUT2D eigenvalue weighted by molar-refractivity contribution is 5.82. The van der Waals surface area contributed by atoms with Gasteiger partial charge < -0.3 is 10.2 Å². The number of carbonyl (C=O) groups is 2. The number of likely N-dealkylation sites (tertiary alicyclic amines) is 1. The highest BCUT2D eigenvalue weighted by Gasteiger charge is 2.29. The highest BCUT2D eigenvalue weighted by Crippen LogP contribution is 2.16. The summed E-state index contributed by atoms with van der Waals surface area (Å²) in [5.74, 6) is 0.0220. The highest BCUT2D eigenvalue weighted by atomic mass is 16.2. The third-order valence-electron chi connectivity index (χ3n) is 2.46. The zero-order valence-electron chi connectivity index (χ0n) is 8.45. The van der Waals surface area contributed by atoms with Crippen molar-refractivity contribution in [3.63, 3.8) is 0 Å². The SMILES string of the molecule is C=CNC(=O)C1CCN(C(=O)CC)C1. The Morgan fingerprint density at radius 2 is 2.36 bits per heavy atom. The Morgan fingerprint density at radius 3 is 2.93 bits per heavy atom. The second kappa shape index (κ2) is 4.79. The summed E-state index contributed by atoms with van der Waals surface area (Å²) in [6.45, 7) is 6.51. The summed E-state index contributed by atoms with van der Waals surface area (Å²) in [6, 6.07) is 0. The van der Waals surface area contributed by atoms with Crippen LogP contribution in [0.15, 0.2) is 12.8 Å². The lowest BCUT2D eigenvalue weighted by atomic mass is 10.1. The van der Waals surface area contributed by atoms with Gasteiger partial charge in [-0.05, 0) is 12.6 Å². The lowest BCUT2D eigenvalue weighted by Crippen LogP contribution is -2.32. The molecule has 14 heavy (non-hydrogen) atoms. The number of amides is 2. The van der Waals surface area contributed by atoms with Gasteiger partial charge in [-0.15, -0.1) is 0 Å². The van der Waals surface area contributed by atoms with Crippen LogP contribution in [-0.2, 0) is 9.59 Å². The van der Waals surface area contributed by atoms with Crippen molar-refractivity contribution in [1.82, 2.24) is 10.2 Å². The van der Waals surface area contributed by atoms with Crippen molar-refractivity contribution in [3.8, 4) is 0 Å². The van der Waals surface area contributed by atoms with Crippen LogP contribution in [0.1, 0.15) is 19.8 Å². The van der Waals surface area contributed by atoms with E-state index in [1.165, 1.54) is 6.20 Å². The van der Waals surface area contributed by atoms with Crippen LogP contribution >= 0.6 is 0 Å². The minimum Gasteiger partial charge on any atom is -0.342 e. The molecule has 0 aromatic heterocycles. The summed E-state index contributed by atoms with van der Waals surface area (Å²) in [5, 5.41) is 2.55. The van der Waals surface area contributed by atoms with E-state index in [2.05, 4.69) is 11.9 Å². The van der Waals surface area contributed by atoms with Crippen molar-refractivity contribution in [2.75, 3.05) is 13.1 Å². The van der Waals surface area contributed by atoms with E-state index in [1.54, 1.807) is 4.90 Å². The number of hydrogen-bond acceptors (Lipinski definition) is 2. The van der Waals surface area contributed by atoms with Gasteiger partial charge >= 0.3 is 0 Å². The Balaban J connectivity index is 2.44. The zero-order valence-corrected chi connectivity index (χ0v) is 8.45. The smallest absolute Gasteiger partial charge is 0.228 e. The molecule has 1 fully saturated rings. The predicted octanol–water partition coefficient (Wildman–Crippen LogP) is 0.505. The van der Waals surface area contributed by atoms with E-state index in [4.69, 9.17) is 0 Å². The molecule has 1 N–H and O–H groups in total. The minimum absolute atomic E-state index is 0.0357. The molecule has 4 heteroatoms. The summed E-state index contributed by atoms with van der Waals surface area (Å²) >= 11 is 0. The van der Waals surface area contributed by atoms with Gasteiger partial charge in [-0.2, -0.15) is 0 Å². The summed E-state index contributed by atoms with van der Waals surface area (Å²) in [5.41, 5.74) is 0. The van der Waals surface area contributed by atoms with Crippen molar-refractivity contribution in [3.05, 3.63) is 12.8 Å². The first-order valence-corrected chi connectivity index (χ1v) is 4.88. The van der Waals surface area contributed by atoms with Gasteiger partial charge in [0, 0.05) is 19.5 Å². The molecule has 1 rings (SSSR count). The molecule has 1 aliphatic rings. The topological polar surface area (TPSA) is 49.4 Å². The van der Waals surface area contributed by atoms with Crippen molar-refractivity contribution >= 4 is 11.8 Å². The van der Waals surface area contributed by atoms with Crippen LogP contribution in [0.3, 0.4) is 0 Å². The van der Waals surface area contributed by atoms with Gasteiger partial charge in [-0.25, -0.2) is 0 Å². The van der Waals surface area contributed by atoms with E-state index in [0.717, 1.165) is 6.42 Å². The normalized spacial score (nSPS) is 20.6. The Bertz CT molecular complexity index is 251. The van der Waals surface area contributed by atoms with Gasteiger partial charge in [0.25, 0.3) is 0 Å². The molecule has 0 radical (unpaired) electrons. The molecule has 1 aliphatic heterocycles. The Hall–Kier alpha value is -1.32. The molecule has 1 atom stereocenters. The maximum absolute atomic E-state index is 11.4. The first-order chi connectivity index (χ1) is 6.69. The maximum Gasteiger partial charge on any atom is 0.228 e. The largest absolute Gasteiger partial charge is 0.342 e. The summed E-state index contributed by atoms with van der Waals surface area (Å²) < 4.78 is 0. The molecule has 0 aromatic carbocycles. The van der Waals surface area contributed by atoms with Gasteiger partial charge in [0.1, 0.15) is 0 Å². The fourth-order valence-electron chi connectivity index (χ4n) is 1.64. The average molecular weight is 196 g/mol. The lowest BCUT2D eigenvalue weighted by Gasteiger charge is -2.14. The summed E-state index contributed by atoms with van der Waals surface area (Å²) in [6.07, 6.45) is 2.65. The first kappa shape index (κ1) is 10.8. The molecular formula is C10H16N2O2. The summed E-state index contributed by atoms with van der Waals surface area (Å²) in [7, 11) is 0. The number of nitrogens with one attached hydrogen (secondary N) is 1. The summed E-state index contributed by atoms with van der Waals surface area (Å²) in [4.78, 5) is 24.4. The Labute approximate surface area is 84.0 Å². The third-order valence-corrected chi connectivity index (χ3v) is 2.46. The first-order valence-electron chi connectivity index (χ1n) is 4.88. The van der Waals surface area contributed by atoms with Gasteiger partial charge in [0.2, 0.25) is 11.8 Å². The molecule has 0 bridgehead atoms. The van der Waals surface area contributed by atoms with Gasteiger partial charge in [0.05, 0.1) is 5.92 Å². The standard InChI is InChI=1S/C10H16N2O2/c1-3-9(13)12-6-5-8(7-12)10(14)11-4-2/h4,8H,2-3,5-7H2,1H3,(H,11,14). The van der Waals surface area contributed by atoms with E-state index in [-0.39, 0.29) is 17.7 Å². The molecular weight excluding hydrogens is 180 g/mol. The van der Waals surface area contributed by atoms with Crippen molar-refractivity contribution in [2.45, 2.75) is 19.8 Å². The van der Waals surface area contributed by atoms with Crippen LogP contribution in [0.4, 0.5) is 0 Å². The van der Waals surface area contributed by atoms with Crippen LogP contribution in [0.5, 0.6) is 0 Å². The van der Waals surface area contributed by atoms with Gasteiger partial charge in [-0.3, -0.25) is 9.59 Å². The van der Waals surface area contributed by atoms with Crippen LogP contribution in [0.2, 0.25) is 0 Å². The average Bonchev–Trinajstić information content (AvgIpc) is 2.66. The molecule has 1 heterocycles. The van der Waals surface area contributed by atoms with E-state index in [0.29, 0.717) is 19.5 Å². The van der Waals surface area contributed by atoms with Gasteiger partial charge in [0.15, 0.2) is 0 Å². The van der Waals surface area contributed by atoms with Gasteiger partial charge in [-0.1, -0.05) is 13.5 Å². The second-order valence-corrected chi connectivity index (χ2v) is 3.39. The second-order valence-electron chi connectivity index (χ2n) is 3.39. The van der Waals surface area contributed by atoms with E-state index in [1.807, 2.05) is 6.92 Å². The molecule has 0 aromatic rings. The van der Waals surface area contributed by atoms with E-state index < -0.39 is 0 Å². The van der Waals surface area contributed by atoms with Crippen LogP contribution in [0.25, 0.3) is 0 Å². The number of nitrogens with zero attached hydrogens (tertiary/aromatic N) is 1. The Morgan fingerprint density at radius 1 is 1.64 bits per heavy atom. The van der Waals surface area contributed by atoms with Crippen molar-refractivity contribution in [1.29, 1.82) is 0 Å². The quantitative estimate of drug-likeness (QED) is 0.714. The molecule has 1 unspecified atom stereocenters. The molecule has 0 aliphatic carbocycles. The van der Waals surface area contributed by atoms with E-state index in [9.17, 15) is 9.59 Å². The zero-order chi connectivity index (χ0) is 10.6. The Kier molecular flexibility index (Phi) is 3.68. The maximum atomic E-state index is 11.4. The third kappa shape index (κ3) is 2.34. The number of carbonyl (C=O) groups excluding carboxylic acids is 2. The molecule has 1 saturated heterocycles. The monoisotopic (exact) mass is 196 g/mol.